The number of hydrogen-bond acceptors (Lipinski definition) is 0. The Kier molecular flexibility index (Phi) is 6.41. The first-order valence-electron chi connectivity index (χ1n) is 10.4. The van der Waals surface area contributed by atoms with E-state index in [1.165, 1.54) is 22.4 Å². The van der Waals surface area contributed by atoms with Crippen LogP contribution in [0.1, 0.15) is 51.3 Å². The van der Waals surface area contributed by atoms with Gasteiger partial charge < -0.3 is 0 Å². The highest BCUT2D eigenvalue weighted by Gasteiger charge is 2.28. The highest BCUT2D eigenvalue weighted by Crippen LogP contribution is 2.27. The van der Waals surface area contributed by atoms with Gasteiger partial charge in [0.15, 0.2) is 6.20 Å². The van der Waals surface area contributed by atoms with Crippen molar-refractivity contribution in [3.05, 3.63) is 47.2 Å². The summed E-state index contributed by atoms with van der Waals surface area (Å²) in [6, 6.07) is 9.49. The van der Waals surface area contributed by atoms with E-state index in [2.05, 4.69) is 103 Å². The lowest BCUT2D eigenvalue weighted by Crippen LogP contribution is -2.47. The van der Waals surface area contributed by atoms with E-state index in [0.717, 1.165) is 12.8 Å². The summed E-state index contributed by atoms with van der Waals surface area (Å²) in [6.07, 6.45) is 4.70. The Labute approximate surface area is 168 Å². The van der Waals surface area contributed by atoms with Crippen molar-refractivity contribution in [2.24, 2.45) is 18.4 Å². The number of aromatic nitrogens is 1. The van der Waals surface area contributed by atoms with Crippen molar-refractivity contribution in [3.63, 3.8) is 0 Å². The molecule has 2 aromatic rings. The van der Waals surface area contributed by atoms with E-state index in [-0.39, 0.29) is 0 Å². The van der Waals surface area contributed by atoms with Crippen LogP contribution in [-0.2, 0) is 19.9 Å². The molecule has 2 rings (SSSR count). The van der Waals surface area contributed by atoms with Crippen LogP contribution in [0.2, 0.25) is 19.6 Å². The monoisotopic (exact) mass is 382 g/mol. The maximum Gasteiger partial charge on any atom is 0.212 e. The Morgan fingerprint density at radius 2 is 1.67 bits per heavy atom. The van der Waals surface area contributed by atoms with Crippen molar-refractivity contribution < 1.29 is 4.57 Å². The summed E-state index contributed by atoms with van der Waals surface area (Å²) in [7, 11) is 0.817. The third kappa shape index (κ3) is 5.78. The predicted molar refractivity (Wildman–Crippen MR) is 122 cm³/mol. The Morgan fingerprint density at radius 1 is 1.04 bits per heavy atom. The van der Waals surface area contributed by atoms with Crippen molar-refractivity contribution in [2.45, 2.75) is 74.0 Å². The molecule has 27 heavy (non-hydrogen) atoms. The molecule has 0 amide bonds. The van der Waals surface area contributed by atoms with Gasteiger partial charge in [-0.2, -0.15) is 0 Å². The van der Waals surface area contributed by atoms with Gasteiger partial charge in [0.1, 0.15) is 7.05 Å². The lowest BCUT2D eigenvalue weighted by atomic mass is 9.87. The average molecular weight is 383 g/mol. The van der Waals surface area contributed by atoms with E-state index in [9.17, 15) is 0 Å². The van der Waals surface area contributed by atoms with Crippen molar-refractivity contribution >= 4 is 13.3 Å². The lowest BCUT2D eigenvalue weighted by molar-refractivity contribution is -0.659. The highest BCUT2D eigenvalue weighted by molar-refractivity contribution is 6.88. The van der Waals surface area contributed by atoms with Gasteiger partial charge in [0.25, 0.3) is 0 Å². The summed E-state index contributed by atoms with van der Waals surface area (Å²) >= 11 is 0. The van der Waals surface area contributed by atoms with Crippen LogP contribution in [0.15, 0.2) is 30.5 Å². The van der Waals surface area contributed by atoms with Gasteiger partial charge in [0.2, 0.25) is 5.69 Å². The molecule has 0 saturated carbocycles. The molecular weight excluding hydrogens is 342 g/mol. The minimum Gasteiger partial charge on any atom is -0.201 e. The van der Waals surface area contributed by atoms with Crippen molar-refractivity contribution in [3.8, 4) is 11.3 Å². The molecule has 0 bridgehead atoms. The number of aryl methyl sites for hydroxylation is 2. The average Bonchev–Trinajstić information content (AvgIpc) is 2.48. The molecule has 0 aliphatic heterocycles. The quantitative estimate of drug-likeness (QED) is 0.453. The fourth-order valence-electron chi connectivity index (χ4n) is 3.89. The molecule has 0 atom stereocenters. The first kappa shape index (κ1) is 21.9. The van der Waals surface area contributed by atoms with E-state index in [0.29, 0.717) is 11.3 Å². The minimum atomic E-state index is -1.40. The van der Waals surface area contributed by atoms with Crippen LogP contribution in [-0.4, -0.2) is 8.07 Å². The van der Waals surface area contributed by atoms with Crippen molar-refractivity contribution in [2.75, 3.05) is 0 Å². The Morgan fingerprint density at radius 3 is 2.19 bits per heavy atom. The predicted octanol–water partition coefficient (Wildman–Crippen LogP) is 5.82. The molecule has 2 heteroatoms. The second kappa shape index (κ2) is 7.91. The standard InChI is InChI=1S/C25H40NSi/c1-18(2)13-20-12-11-19(3)22(14-20)23-15-21(16-25(4,5)6)24(17-26(23)7)27(8,9)10/h11-12,14-15,17-18H,13,16H2,1-10H3/q+1. The molecule has 1 aromatic carbocycles. The Balaban J connectivity index is 2.66. The maximum atomic E-state index is 2.49. The van der Waals surface area contributed by atoms with Crippen LogP contribution in [0.4, 0.5) is 0 Å². The molecule has 0 radical (unpaired) electrons. The van der Waals surface area contributed by atoms with Crippen molar-refractivity contribution in [1.82, 2.24) is 0 Å². The molecule has 0 aliphatic carbocycles. The fourth-order valence-corrected chi connectivity index (χ4v) is 5.60. The SMILES string of the molecule is Cc1ccc(CC(C)C)cc1-c1cc(CC(C)(C)C)c([Si](C)(C)C)c[n+]1C. The summed E-state index contributed by atoms with van der Waals surface area (Å²) in [6.45, 7) is 21.3. The fraction of sp³-hybridized carbons (Fsp3) is 0.560. The largest absolute Gasteiger partial charge is 0.212 e. The van der Waals surface area contributed by atoms with Crippen LogP contribution < -0.4 is 9.75 Å². The number of nitrogens with zero attached hydrogens (tertiary/aromatic N) is 1. The van der Waals surface area contributed by atoms with Crippen LogP contribution >= 0.6 is 0 Å². The van der Waals surface area contributed by atoms with Gasteiger partial charge in [-0.1, -0.05) is 66.4 Å². The molecule has 0 saturated heterocycles. The second-order valence-electron chi connectivity index (χ2n) is 10.9. The van der Waals surface area contributed by atoms with Gasteiger partial charge in [-0.25, -0.2) is 4.57 Å². The molecular formula is C25H40NSi+. The Hall–Kier alpha value is -1.41. The van der Waals surface area contributed by atoms with E-state index in [4.69, 9.17) is 0 Å². The number of rotatable bonds is 5. The van der Waals surface area contributed by atoms with E-state index in [1.54, 1.807) is 10.8 Å². The number of benzene rings is 1. The van der Waals surface area contributed by atoms with Crippen LogP contribution in [0.25, 0.3) is 11.3 Å². The summed E-state index contributed by atoms with van der Waals surface area (Å²) in [5.74, 6) is 0.681. The molecule has 148 valence electrons. The molecule has 1 nitrogen and oxygen atoms in total. The van der Waals surface area contributed by atoms with Gasteiger partial charge in [0, 0.05) is 16.8 Å². The molecule has 0 N–H and O–H groups in total. The smallest absolute Gasteiger partial charge is 0.201 e. The van der Waals surface area contributed by atoms with Gasteiger partial charge >= 0.3 is 0 Å². The Bertz CT molecular complexity index is 804. The lowest BCUT2D eigenvalue weighted by Gasteiger charge is -2.25. The van der Waals surface area contributed by atoms with Gasteiger partial charge in [-0.05, 0) is 53.9 Å². The third-order valence-corrected chi connectivity index (χ3v) is 7.18. The molecule has 1 heterocycles. The van der Waals surface area contributed by atoms with Crippen LogP contribution in [0, 0.1) is 18.3 Å². The zero-order chi connectivity index (χ0) is 20.6. The second-order valence-corrected chi connectivity index (χ2v) is 16.0. The summed E-state index contributed by atoms with van der Waals surface area (Å²) in [5.41, 5.74) is 7.37. The van der Waals surface area contributed by atoms with Crippen LogP contribution in [0.3, 0.4) is 0 Å². The van der Waals surface area contributed by atoms with E-state index < -0.39 is 8.07 Å². The molecule has 1 aromatic heterocycles. The summed E-state index contributed by atoms with van der Waals surface area (Å²) in [5, 5.41) is 1.60. The molecule has 0 unspecified atom stereocenters. The third-order valence-electron chi connectivity index (χ3n) is 5.11. The minimum absolute atomic E-state index is 0.292. The summed E-state index contributed by atoms with van der Waals surface area (Å²) < 4.78 is 2.36. The van der Waals surface area contributed by atoms with E-state index >= 15 is 0 Å². The zero-order valence-corrected chi connectivity index (χ0v) is 20.3. The zero-order valence-electron chi connectivity index (χ0n) is 19.3. The number of hydrogen-bond donors (Lipinski definition) is 0. The molecule has 0 aliphatic rings. The first-order valence-corrected chi connectivity index (χ1v) is 13.9. The summed E-state index contributed by atoms with van der Waals surface area (Å²) in [4.78, 5) is 0. The number of pyridine rings is 1. The van der Waals surface area contributed by atoms with E-state index in [1.807, 2.05) is 0 Å². The topological polar surface area (TPSA) is 3.88 Å². The van der Waals surface area contributed by atoms with Gasteiger partial charge in [0.05, 0.1) is 8.07 Å². The highest BCUT2D eigenvalue weighted by atomic mass is 28.3. The van der Waals surface area contributed by atoms with Crippen LogP contribution in [0.5, 0.6) is 0 Å². The first-order chi connectivity index (χ1) is 12.3. The maximum absolute atomic E-state index is 2.49. The van der Waals surface area contributed by atoms with Gasteiger partial charge in [-0.15, -0.1) is 0 Å². The normalized spacial score (nSPS) is 12.7. The van der Waals surface area contributed by atoms with Gasteiger partial charge in [-0.3, -0.25) is 0 Å². The van der Waals surface area contributed by atoms with Crippen molar-refractivity contribution in [1.29, 1.82) is 0 Å². The molecule has 0 fully saturated rings. The molecule has 0 spiro atoms.